The lowest BCUT2D eigenvalue weighted by Gasteiger charge is -2.32. The van der Waals surface area contributed by atoms with Crippen molar-refractivity contribution >= 4 is 17.1 Å². The molecule has 5 heteroatoms. The first-order chi connectivity index (χ1) is 16.6. The molecule has 4 aromatic rings. The third kappa shape index (κ3) is 4.37. The van der Waals surface area contributed by atoms with Crippen LogP contribution in [0, 0.1) is 41.5 Å². The van der Waals surface area contributed by atoms with Gasteiger partial charge in [0.05, 0.1) is 11.4 Å². The summed E-state index contributed by atoms with van der Waals surface area (Å²) in [5, 5.41) is 31.1. The summed E-state index contributed by atoms with van der Waals surface area (Å²) in [6.07, 6.45) is 0. The molecule has 0 aliphatic heterocycles. The van der Waals surface area contributed by atoms with Crippen molar-refractivity contribution in [2.45, 2.75) is 41.5 Å². The molecule has 0 saturated carbocycles. The van der Waals surface area contributed by atoms with Crippen molar-refractivity contribution in [2.75, 3.05) is 4.90 Å². The van der Waals surface area contributed by atoms with Crippen LogP contribution in [0.4, 0.5) is 17.1 Å². The van der Waals surface area contributed by atoms with Crippen LogP contribution in [0.2, 0.25) is 0 Å². The summed E-state index contributed by atoms with van der Waals surface area (Å²) in [4.78, 5) is 2.07. The van der Waals surface area contributed by atoms with Gasteiger partial charge in [-0.05, 0) is 100 Å². The fourth-order valence-electron chi connectivity index (χ4n) is 4.41. The Bertz CT molecular complexity index is 1370. The average molecular weight is 470 g/mol. The van der Waals surface area contributed by atoms with Crippen molar-refractivity contribution in [3.05, 3.63) is 94.0 Å². The Balaban J connectivity index is 1.92. The predicted molar refractivity (Wildman–Crippen MR) is 141 cm³/mol. The van der Waals surface area contributed by atoms with Crippen LogP contribution in [0.15, 0.2) is 60.7 Å². The van der Waals surface area contributed by atoms with Crippen LogP contribution in [0.1, 0.15) is 33.4 Å². The van der Waals surface area contributed by atoms with Crippen LogP contribution in [-0.2, 0) is 0 Å². The fraction of sp³-hybridized carbons (Fsp3) is 0.200. The van der Waals surface area contributed by atoms with Gasteiger partial charge < -0.3 is 25.0 Å². The number of hydrogen-bond donors (Lipinski definition) is 3. The van der Waals surface area contributed by atoms with Gasteiger partial charge >= 0.3 is 0 Å². The number of phenolic OH excluding ortho intramolecular Hbond substituents is 3. The molecule has 35 heavy (non-hydrogen) atoms. The quantitative estimate of drug-likeness (QED) is 0.277. The van der Waals surface area contributed by atoms with E-state index in [0.29, 0.717) is 11.5 Å². The minimum Gasteiger partial charge on any atom is -0.508 e. The van der Waals surface area contributed by atoms with Gasteiger partial charge in [-0.15, -0.1) is 0 Å². The highest BCUT2D eigenvalue weighted by atomic mass is 16.5. The largest absolute Gasteiger partial charge is 0.508 e. The highest BCUT2D eigenvalue weighted by Crippen LogP contribution is 2.46. The number of aromatic hydroxyl groups is 3. The Kier molecular flexibility index (Phi) is 6.35. The second-order valence-corrected chi connectivity index (χ2v) is 9.02. The lowest BCUT2D eigenvalue weighted by Crippen LogP contribution is -2.15. The first-order valence-electron chi connectivity index (χ1n) is 11.6. The highest BCUT2D eigenvalue weighted by Gasteiger charge is 2.23. The molecule has 0 aliphatic carbocycles. The van der Waals surface area contributed by atoms with Crippen LogP contribution in [0.25, 0.3) is 0 Å². The van der Waals surface area contributed by atoms with E-state index >= 15 is 0 Å². The van der Waals surface area contributed by atoms with Gasteiger partial charge in [-0.25, -0.2) is 0 Å². The molecule has 3 N–H and O–H groups in total. The van der Waals surface area contributed by atoms with Crippen molar-refractivity contribution in [1.82, 2.24) is 0 Å². The first-order valence-corrected chi connectivity index (χ1v) is 11.6. The van der Waals surface area contributed by atoms with Gasteiger partial charge in [0.1, 0.15) is 28.7 Å². The van der Waals surface area contributed by atoms with E-state index in [2.05, 4.69) is 4.90 Å². The summed E-state index contributed by atoms with van der Waals surface area (Å²) in [5.74, 6) is 1.94. The van der Waals surface area contributed by atoms with E-state index in [-0.39, 0.29) is 17.2 Å². The van der Waals surface area contributed by atoms with Crippen LogP contribution in [0.3, 0.4) is 0 Å². The van der Waals surface area contributed by atoms with E-state index in [4.69, 9.17) is 4.74 Å². The molecule has 0 aliphatic rings. The number of ether oxygens (including phenoxy) is 1. The molecule has 0 radical (unpaired) electrons. The molecule has 0 bridgehead atoms. The normalized spacial score (nSPS) is 10.9. The van der Waals surface area contributed by atoms with Crippen molar-refractivity contribution in [2.24, 2.45) is 0 Å². The molecule has 0 aromatic heterocycles. The van der Waals surface area contributed by atoms with Crippen molar-refractivity contribution < 1.29 is 20.1 Å². The second kappa shape index (κ2) is 9.26. The molecule has 5 nitrogen and oxygen atoms in total. The highest BCUT2D eigenvalue weighted by molar-refractivity contribution is 5.85. The van der Waals surface area contributed by atoms with E-state index in [1.54, 1.807) is 24.3 Å². The maximum atomic E-state index is 10.6. The minimum atomic E-state index is 0.202. The fourth-order valence-corrected chi connectivity index (χ4v) is 4.41. The number of nitrogens with zero attached hydrogens (tertiary/aromatic N) is 1. The standard InChI is InChI=1S/C30H31NO4/c1-17-10-12-26(33)21(5)29(17)31(30-18(2)11-13-27(34)22(30)6)23-8-7-9-24(16-23)35-28-15-14-25(32)19(3)20(28)4/h7-16,32-34H,1-6H3. The molecule has 0 atom stereocenters. The zero-order valence-corrected chi connectivity index (χ0v) is 21.0. The zero-order chi connectivity index (χ0) is 25.4. The van der Waals surface area contributed by atoms with E-state index in [9.17, 15) is 15.3 Å². The van der Waals surface area contributed by atoms with Crippen LogP contribution in [-0.4, -0.2) is 15.3 Å². The number of anilines is 3. The van der Waals surface area contributed by atoms with Gasteiger partial charge in [0.2, 0.25) is 0 Å². The van der Waals surface area contributed by atoms with Gasteiger partial charge in [0.15, 0.2) is 0 Å². The molecule has 4 rings (SSSR count). The van der Waals surface area contributed by atoms with E-state index in [1.807, 2.05) is 77.9 Å². The second-order valence-electron chi connectivity index (χ2n) is 9.02. The molecule has 0 unspecified atom stereocenters. The van der Waals surface area contributed by atoms with Gasteiger partial charge in [-0.2, -0.15) is 0 Å². The number of hydrogen-bond acceptors (Lipinski definition) is 5. The van der Waals surface area contributed by atoms with Crippen molar-refractivity contribution in [1.29, 1.82) is 0 Å². The Morgan fingerprint density at radius 1 is 0.571 bits per heavy atom. The Hall–Kier alpha value is -4.12. The number of rotatable bonds is 5. The van der Waals surface area contributed by atoms with Crippen LogP contribution in [0.5, 0.6) is 28.7 Å². The summed E-state index contributed by atoms with van der Waals surface area (Å²) in [6.45, 7) is 11.6. The monoisotopic (exact) mass is 469 g/mol. The lowest BCUT2D eigenvalue weighted by atomic mass is 10.0. The molecule has 4 aromatic carbocycles. The first kappa shape index (κ1) is 24.0. The molecule has 0 saturated heterocycles. The van der Waals surface area contributed by atoms with Crippen molar-refractivity contribution in [3.63, 3.8) is 0 Å². The number of benzene rings is 4. The molecule has 0 spiro atoms. The third-order valence-electron chi connectivity index (χ3n) is 6.67. The Morgan fingerprint density at radius 3 is 1.66 bits per heavy atom. The molecular formula is C30H31NO4. The molecule has 0 fully saturated rings. The predicted octanol–water partition coefficient (Wildman–Crippen LogP) is 7.92. The Morgan fingerprint density at radius 2 is 1.09 bits per heavy atom. The third-order valence-corrected chi connectivity index (χ3v) is 6.67. The maximum Gasteiger partial charge on any atom is 0.130 e. The van der Waals surface area contributed by atoms with Crippen molar-refractivity contribution in [3.8, 4) is 28.7 Å². The summed E-state index contributed by atoms with van der Waals surface area (Å²) in [6, 6.07) is 18.3. The SMILES string of the molecule is Cc1ccc(O)c(C)c1N(c1cccc(Oc2ccc(O)c(C)c2C)c1)c1c(C)ccc(O)c1C. The number of phenols is 3. The smallest absolute Gasteiger partial charge is 0.130 e. The van der Waals surface area contributed by atoms with Crippen LogP contribution < -0.4 is 9.64 Å². The van der Waals surface area contributed by atoms with Gasteiger partial charge in [-0.1, -0.05) is 18.2 Å². The summed E-state index contributed by atoms with van der Waals surface area (Å²) in [5.41, 5.74) is 7.60. The van der Waals surface area contributed by atoms with Gasteiger partial charge in [0.25, 0.3) is 0 Å². The zero-order valence-electron chi connectivity index (χ0n) is 21.0. The average Bonchev–Trinajstić information content (AvgIpc) is 2.83. The number of aryl methyl sites for hydroxylation is 2. The summed E-state index contributed by atoms with van der Waals surface area (Å²) in [7, 11) is 0. The molecular weight excluding hydrogens is 438 g/mol. The van der Waals surface area contributed by atoms with Gasteiger partial charge in [0, 0.05) is 22.9 Å². The molecule has 180 valence electrons. The molecule has 0 amide bonds. The van der Waals surface area contributed by atoms with E-state index < -0.39 is 0 Å². The lowest BCUT2D eigenvalue weighted by molar-refractivity contribution is 0.457. The molecule has 0 heterocycles. The minimum absolute atomic E-state index is 0.202. The Labute approximate surface area is 206 Å². The topological polar surface area (TPSA) is 73.2 Å². The van der Waals surface area contributed by atoms with E-state index in [0.717, 1.165) is 50.4 Å². The van der Waals surface area contributed by atoms with E-state index in [1.165, 1.54) is 0 Å². The van der Waals surface area contributed by atoms with Crippen LogP contribution >= 0.6 is 0 Å². The maximum absolute atomic E-state index is 10.6. The summed E-state index contributed by atoms with van der Waals surface area (Å²) < 4.78 is 6.24. The summed E-state index contributed by atoms with van der Waals surface area (Å²) >= 11 is 0. The van der Waals surface area contributed by atoms with Gasteiger partial charge in [-0.3, -0.25) is 0 Å².